The van der Waals surface area contributed by atoms with E-state index in [0.717, 1.165) is 5.56 Å². The number of aromatic nitrogens is 2. The number of amides is 1. The van der Waals surface area contributed by atoms with Crippen molar-refractivity contribution in [1.82, 2.24) is 15.5 Å². The highest BCUT2D eigenvalue weighted by Gasteiger charge is 2.23. The van der Waals surface area contributed by atoms with Gasteiger partial charge < -0.3 is 14.2 Å². The van der Waals surface area contributed by atoms with E-state index in [2.05, 4.69) is 15.5 Å². The Morgan fingerprint density at radius 1 is 1.00 bits per heavy atom. The van der Waals surface area contributed by atoms with Gasteiger partial charge in [0, 0.05) is 12.0 Å². The van der Waals surface area contributed by atoms with Crippen molar-refractivity contribution in [2.45, 2.75) is 18.9 Å². The van der Waals surface area contributed by atoms with Crippen LogP contribution in [-0.2, 0) is 17.8 Å². The summed E-state index contributed by atoms with van der Waals surface area (Å²) in [6.07, 6.45) is 1.90. The predicted octanol–water partition coefficient (Wildman–Crippen LogP) is 4.11. The standard InChI is InChI=1S/C22H18FN3O3/c23-17-10-8-15(9-11-17)19(13-18-7-4-12-28-18)21(27)24-14-20-25-26-22(29-20)16-5-2-1-3-6-16/h1-12,19H,13-14H2,(H,24,27). The molecule has 0 fully saturated rings. The Balaban J connectivity index is 1.46. The van der Waals surface area contributed by atoms with Crippen LogP contribution in [0.5, 0.6) is 0 Å². The average Bonchev–Trinajstić information content (AvgIpc) is 3.44. The summed E-state index contributed by atoms with van der Waals surface area (Å²) in [6.45, 7) is 0.0918. The number of benzene rings is 2. The number of furan rings is 1. The third kappa shape index (κ3) is 4.57. The van der Waals surface area contributed by atoms with Crippen LogP contribution in [0.4, 0.5) is 4.39 Å². The van der Waals surface area contributed by atoms with Crippen molar-refractivity contribution in [2.24, 2.45) is 0 Å². The number of nitrogens with one attached hydrogen (secondary N) is 1. The highest BCUT2D eigenvalue weighted by molar-refractivity contribution is 5.83. The molecule has 1 amide bonds. The lowest BCUT2D eigenvalue weighted by molar-refractivity contribution is -0.122. The summed E-state index contributed by atoms with van der Waals surface area (Å²) in [5.41, 5.74) is 1.50. The molecule has 146 valence electrons. The molecule has 1 unspecified atom stereocenters. The number of rotatable bonds is 7. The molecular weight excluding hydrogens is 373 g/mol. The molecule has 0 saturated carbocycles. The van der Waals surface area contributed by atoms with Crippen LogP contribution in [0, 0.1) is 5.82 Å². The first kappa shape index (κ1) is 18.6. The molecule has 2 aromatic carbocycles. The Morgan fingerprint density at radius 2 is 1.79 bits per heavy atom. The van der Waals surface area contributed by atoms with Crippen molar-refractivity contribution >= 4 is 5.91 Å². The normalized spacial score (nSPS) is 11.9. The Bertz CT molecular complexity index is 1060. The highest BCUT2D eigenvalue weighted by atomic mass is 19.1. The molecule has 0 saturated heterocycles. The summed E-state index contributed by atoms with van der Waals surface area (Å²) in [5.74, 6) is 0.211. The number of hydrogen-bond acceptors (Lipinski definition) is 5. The van der Waals surface area contributed by atoms with Gasteiger partial charge in [-0.1, -0.05) is 30.3 Å². The summed E-state index contributed by atoms with van der Waals surface area (Å²) in [6, 6.07) is 18.8. The molecule has 6 nitrogen and oxygen atoms in total. The summed E-state index contributed by atoms with van der Waals surface area (Å²) in [5, 5.41) is 10.8. The van der Waals surface area contributed by atoms with Gasteiger partial charge in [-0.15, -0.1) is 10.2 Å². The van der Waals surface area contributed by atoms with Gasteiger partial charge in [0.25, 0.3) is 0 Å². The van der Waals surface area contributed by atoms with Crippen LogP contribution in [0.3, 0.4) is 0 Å². The van der Waals surface area contributed by atoms with Crippen LogP contribution in [0.2, 0.25) is 0 Å². The Labute approximate surface area is 166 Å². The zero-order valence-electron chi connectivity index (χ0n) is 15.4. The molecule has 29 heavy (non-hydrogen) atoms. The van der Waals surface area contributed by atoms with Gasteiger partial charge in [0.1, 0.15) is 11.6 Å². The molecule has 2 aromatic heterocycles. The van der Waals surface area contributed by atoms with E-state index in [0.29, 0.717) is 29.5 Å². The van der Waals surface area contributed by atoms with Crippen molar-refractivity contribution in [2.75, 3.05) is 0 Å². The minimum Gasteiger partial charge on any atom is -0.469 e. The fraction of sp³-hybridized carbons (Fsp3) is 0.136. The first-order chi connectivity index (χ1) is 14.2. The molecule has 1 atom stereocenters. The third-order valence-corrected chi connectivity index (χ3v) is 4.48. The second-order valence-electron chi connectivity index (χ2n) is 6.47. The molecule has 0 aliphatic heterocycles. The molecule has 0 bridgehead atoms. The maximum absolute atomic E-state index is 13.3. The van der Waals surface area contributed by atoms with E-state index in [1.54, 1.807) is 30.5 Å². The van der Waals surface area contributed by atoms with E-state index in [1.165, 1.54) is 12.1 Å². The zero-order chi connectivity index (χ0) is 20.1. The van der Waals surface area contributed by atoms with Gasteiger partial charge in [0.2, 0.25) is 17.7 Å². The van der Waals surface area contributed by atoms with Gasteiger partial charge >= 0.3 is 0 Å². The Hall–Kier alpha value is -3.74. The SMILES string of the molecule is O=C(NCc1nnc(-c2ccccc2)o1)C(Cc1ccco1)c1ccc(F)cc1. The van der Waals surface area contributed by atoms with Crippen molar-refractivity contribution < 1.29 is 18.0 Å². The van der Waals surface area contributed by atoms with Crippen LogP contribution in [0.15, 0.2) is 81.8 Å². The summed E-state index contributed by atoms with van der Waals surface area (Å²) >= 11 is 0. The van der Waals surface area contributed by atoms with E-state index in [1.807, 2.05) is 30.3 Å². The smallest absolute Gasteiger partial charge is 0.247 e. The largest absolute Gasteiger partial charge is 0.469 e. The van der Waals surface area contributed by atoms with E-state index in [9.17, 15) is 9.18 Å². The highest BCUT2D eigenvalue weighted by Crippen LogP contribution is 2.23. The maximum Gasteiger partial charge on any atom is 0.247 e. The van der Waals surface area contributed by atoms with Crippen LogP contribution >= 0.6 is 0 Å². The Kier molecular flexibility index (Phi) is 5.47. The van der Waals surface area contributed by atoms with E-state index >= 15 is 0 Å². The fourth-order valence-corrected chi connectivity index (χ4v) is 3.00. The molecular formula is C22H18FN3O3. The minimum atomic E-state index is -0.543. The van der Waals surface area contributed by atoms with E-state index in [4.69, 9.17) is 8.83 Å². The number of hydrogen-bond donors (Lipinski definition) is 1. The summed E-state index contributed by atoms with van der Waals surface area (Å²) < 4.78 is 24.3. The maximum atomic E-state index is 13.3. The molecule has 0 aliphatic rings. The second-order valence-corrected chi connectivity index (χ2v) is 6.47. The lowest BCUT2D eigenvalue weighted by atomic mass is 9.93. The van der Waals surface area contributed by atoms with Crippen molar-refractivity contribution in [1.29, 1.82) is 0 Å². The number of carbonyl (C=O) groups is 1. The van der Waals surface area contributed by atoms with Gasteiger partial charge in [0.05, 0.1) is 18.7 Å². The molecule has 4 aromatic rings. The van der Waals surface area contributed by atoms with Gasteiger partial charge in [-0.3, -0.25) is 4.79 Å². The lowest BCUT2D eigenvalue weighted by Crippen LogP contribution is -2.30. The monoisotopic (exact) mass is 391 g/mol. The first-order valence-electron chi connectivity index (χ1n) is 9.12. The second kappa shape index (κ2) is 8.52. The molecule has 7 heteroatoms. The molecule has 4 rings (SSSR count). The lowest BCUT2D eigenvalue weighted by Gasteiger charge is -2.15. The summed E-state index contributed by atoms with van der Waals surface area (Å²) in [7, 11) is 0. The molecule has 0 aliphatic carbocycles. The topological polar surface area (TPSA) is 81.2 Å². The van der Waals surface area contributed by atoms with Crippen molar-refractivity contribution in [3.63, 3.8) is 0 Å². The molecule has 0 spiro atoms. The van der Waals surface area contributed by atoms with Crippen LogP contribution < -0.4 is 5.32 Å². The third-order valence-electron chi connectivity index (χ3n) is 4.48. The van der Waals surface area contributed by atoms with Gasteiger partial charge in [-0.25, -0.2) is 4.39 Å². The predicted molar refractivity (Wildman–Crippen MR) is 103 cm³/mol. The van der Waals surface area contributed by atoms with Gasteiger partial charge in [-0.05, 0) is 42.0 Å². The Morgan fingerprint density at radius 3 is 2.52 bits per heavy atom. The first-order valence-corrected chi connectivity index (χ1v) is 9.12. The van der Waals surface area contributed by atoms with E-state index < -0.39 is 5.92 Å². The van der Waals surface area contributed by atoms with E-state index in [-0.39, 0.29) is 18.3 Å². The van der Waals surface area contributed by atoms with Gasteiger partial charge in [-0.2, -0.15) is 0 Å². The zero-order valence-corrected chi connectivity index (χ0v) is 15.4. The quantitative estimate of drug-likeness (QED) is 0.513. The average molecular weight is 391 g/mol. The van der Waals surface area contributed by atoms with Crippen LogP contribution in [0.25, 0.3) is 11.5 Å². The number of halogens is 1. The fourth-order valence-electron chi connectivity index (χ4n) is 3.00. The molecule has 0 radical (unpaired) electrons. The van der Waals surface area contributed by atoms with Crippen LogP contribution in [-0.4, -0.2) is 16.1 Å². The minimum absolute atomic E-state index is 0.0918. The van der Waals surface area contributed by atoms with Crippen molar-refractivity contribution in [3.8, 4) is 11.5 Å². The van der Waals surface area contributed by atoms with Gasteiger partial charge in [0.15, 0.2) is 0 Å². The molecule has 1 N–H and O–H groups in total. The van der Waals surface area contributed by atoms with Crippen LogP contribution in [0.1, 0.15) is 23.1 Å². The number of nitrogens with zero attached hydrogens (tertiary/aromatic N) is 2. The summed E-state index contributed by atoms with van der Waals surface area (Å²) in [4.78, 5) is 12.9. The van der Waals surface area contributed by atoms with Crippen molar-refractivity contribution in [3.05, 3.63) is 96.0 Å². The number of carbonyl (C=O) groups excluding carboxylic acids is 1. The molecule has 2 heterocycles.